The predicted molar refractivity (Wildman–Crippen MR) is 264 cm³/mol. The molecule has 0 saturated carbocycles. The van der Waals surface area contributed by atoms with E-state index in [1.54, 1.807) is 0 Å². The molecule has 0 aliphatic carbocycles. The van der Waals surface area contributed by atoms with Crippen LogP contribution in [0.25, 0.3) is 0 Å². The minimum absolute atomic E-state index is 0.0325. The number of allylic oxidation sites excluding steroid dienone is 13. The molecule has 61 heavy (non-hydrogen) atoms. The molecule has 0 rings (SSSR count). The fourth-order valence-corrected chi connectivity index (χ4v) is 7.27. The van der Waals surface area contributed by atoms with Crippen molar-refractivity contribution >= 4 is 11.9 Å². The van der Waals surface area contributed by atoms with Crippen LogP contribution >= 0.6 is 0 Å². The Hall–Kier alpha value is -2.96. The van der Waals surface area contributed by atoms with E-state index in [4.69, 9.17) is 4.74 Å². The molecule has 6 heteroatoms. The highest BCUT2D eigenvalue weighted by atomic mass is 16.5. The van der Waals surface area contributed by atoms with Crippen LogP contribution in [-0.2, 0) is 14.3 Å². The van der Waals surface area contributed by atoms with E-state index < -0.39 is 18.2 Å². The Morgan fingerprint density at radius 1 is 0.508 bits per heavy atom. The first-order valence-corrected chi connectivity index (χ1v) is 25.4. The van der Waals surface area contributed by atoms with Crippen LogP contribution in [0.1, 0.15) is 226 Å². The largest absolute Gasteiger partial charge is 0.461 e. The number of aliphatic hydroxyl groups is 2. The van der Waals surface area contributed by atoms with E-state index in [0.717, 1.165) is 57.8 Å². The van der Waals surface area contributed by atoms with Crippen molar-refractivity contribution in [3.05, 3.63) is 85.1 Å². The molecule has 0 aromatic carbocycles. The zero-order valence-corrected chi connectivity index (χ0v) is 39.8. The van der Waals surface area contributed by atoms with E-state index in [1.165, 1.54) is 122 Å². The minimum Gasteiger partial charge on any atom is -0.461 e. The maximum Gasteiger partial charge on any atom is 0.306 e. The van der Waals surface area contributed by atoms with E-state index in [2.05, 4.69) is 56.5 Å². The van der Waals surface area contributed by atoms with Crippen molar-refractivity contribution in [1.29, 1.82) is 0 Å². The van der Waals surface area contributed by atoms with Gasteiger partial charge in [-0.1, -0.05) is 247 Å². The molecule has 0 fully saturated rings. The van der Waals surface area contributed by atoms with Gasteiger partial charge in [0.15, 0.2) is 0 Å². The van der Waals surface area contributed by atoms with E-state index in [1.807, 2.05) is 54.7 Å². The number of nitrogens with one attached hydrogen (secondary N) is 1. The molecule has 0 aliphatic heterocycles. The molecule has 0 spiro atoms. The number of carbonyl (C=O) groups excluding carboxylic acids is 2. The van der Waals surface area contributed by atoms with Crippen LogP contribution < -0.4 is 5.32 Å². The molecule has 0 aliphatic rings. The van der Waals surface area contributed by atoms with E-state index in [9.17, 15) is 19.8 Å². The number of ether oxygens (including phenoxy) is 1. The Morgan fingerprint density at radius 3 is 1.39 bits per heavy atom. The summed E-state index contributed by atoms with van der Waals surface area (Å²) in [7, 11) is 0. The zero-order valence-electron chi connectivity index (χ0n) is 39.8. The van der Waals surface area contributed by atoms with Gasteiger partial charge in [0.05, 0.1) is 25.2 Å². The number of esters is 1. The fourth-order valence-electron chi connectivity index (χ4n) is 7.27. The van der Waals surface area contributed by atoms with Crippen LogP contribution in [0.4, 0.5) is 0 Å². The Balaban J connectivity index is 4.68. The first kappa shape index (κ1) is 58.0. The maximum absolute atomic E-state index is 13.1. The Bertz CT molecular complexity index is 1180. The SMILES string of the molecule is CC/C=C/C=C/C=C\C=C/C=C/CC(CC(=O)NC(CO)C(O)CCCCCCCCCCCCCCCCC)OC(=O)CCCCC/C=C/C=C/CCCCCCCCC. The molecule has 1 amide bonds. The van der Waals surface area contributed by atoms with E-state index >= 15 is 0 Å². The van der Waals surface area contributed by atoms with Gasteiger partial charge in [-0.3, -0.25) is 9.59 Å². The summed E-state index contributed by atoms with van der Waals surface area (Å²) in [6.45, 7) is 6.28. The van der Waals surface area contributed by atoms with Crippen molar-refractivity contribution in [2.45, 2.75) is 244 Å². The third kappa shape index (κ3) is 43.5. The van der Waals surface area contributed by atoms with Gasteiger partial charge < -0.3 is 20.3 Å². The molecular weight excluding hydrogens is 755 g/mol. The number of carbonyl (C=O) groups is 2. The lowest BCUT2D eigenvalue weighted by Gasteiger charge is -2.24. The first-order chi connectivity index (χ1) is 30.0. The normalized spacial score (nSPS) is 14.0. The van der Waals surface area contributed by atoms with Crippen LogP contribution in [0.15, 0.2) is 85.1 Å². The molecule has 3 unspecified atom stereocenters. The molecule has 3 atom stereocenters. The number of unbranched alkanes of at least 4 members (excludes halogenated alkanes) is 24. The molecular formula is C55H95NO5. The number of rotatable bonds is 44. The second-order valence-electron chi connectivity index (χ2n) is 17.0. The molecule has 0 aromatic rings. The summed E-state index contributed by atoms with van der Waals surface area (Å²) in [4.78, 5) is 26.0. The van der Waals surface area contributed by atoms with Gasteiger partial charge in [-0.2, -0.15) is 0 Å². The van der Waals surface area contributed by atoms with Crippen molar-refractivity contribution in [3.8, 4) is 0 Å². The van der Waals surface area contributed by atoms with Crippen molar-refractivity contribution in [1.82, 2.24) is 5.32 Å². The van der Waals surface area contributed by atoms with Gasteiger partial charge in [0, 0.05) is 12.8 Å². The standard InChI is InChI=1S/C55H95NO5/c1-4-7-10-13-16-19-22-24-26-28-30-33-36-39-42-45-48-55(60)61-51(46-43-40-37-34-31-21-18-15-12-9-6-3)49-54(59)56-52(50-57)53(58)47-44-41-38-35-32-29-27-25-23-20-17-14-11-8-5-2/h9,12,15,18,21,26,28,30-31,33-34,37,40,43,51-53,57-58H,4-8,10-11,13-14,16-17,19-20,22-25,27,29,32,35-36,38-39,41-42,44-50H2,1-3H3,(H,56,59)/b12-9+,18-15+,28-26+,31-21-,33-30+,37-34-,43-40+. The van der Waals surface area contributed by atoms with Crippen molar-refractivity contribution < 1.29 is 24.5 Å². The van der Waals surface area contributed by atoms with Crippen molar-refractivity contribution in [3.63, 3.8) is 0 Å². The molecule has 0 saturated heterocycles. The molecule has 3 N–H and O–H groups in total. The third-order valence-corrected chi connectivity index (χ3v) is 11.1. The quantitative estimate of drug-likeness (QED) is 0.0322. The Labute approximate surface area is 376 Å². The summed E-state index contributed by atoms with van der Waals surface area (Å²) in [5, 5.41) is 23.7. The number of aliphatic hydroxyl groups excluding tert-OH is 2. The number of hydrogen-bond donors (Lipinski definition) is 3. The lowest BCUT2D eigenvalue weighted by molar-refractivity contribution is -0.150. The van der Waals surface area contributed by atoms with Crippen LogP contribution in [0, 0.1) is 0 Å². The number of amides is 1. The summed E-state index contributed by atoms with van der Waals surface area (Å²) in [6.07, 6.45) is 62.4. The van der Waals surface area contributed by atoms with Crippen LogP contribution in [-0.4, -0.2) is 46.9 Å². The Kier molecular flexibility index (Phi) is 45.7. The highest BCUT2D eigenvalue weighted by Crippen LogP contribution is 2.16. The van der Waals surface area contributed by atoms with Gasteiger partial charge >= 0.3 is 5.97 Å². The van der Waals surface area contributed by atoms with Gasteiger partial charge in [0.25, 0.3) is 0 Å². The fraction of sp³-hybridized carbons (Fsp3) is 0.709. The van der Waals surface area contributed by atoms with E-state index in [0.29, 0.717) is 19.3 Å². The minimum atomic E-state index is -0.826. The molecule has 6 nitrogen and oxygen atoms in total. The molecule has 0 radical (unpaired) electrons. The molecule has 0 bridgehead atoms. The number of hydrogen-bond acceptors (Lipinski definition) is 5. The lowest BCUT2D eigenvalue weighted by atomic mass is 10.0. The molecule has 0 heterocycles. The second-order valence-corrected chi connectivity index (χ2v) is 17.0. The highest BCUT2D eigenvalue weighted by Gasteiger charge is 2.23. The average molecular weight is 850 g/mol. The lowest BCUT2D eigenvalue weighted by Crippen LogP contribution is -2.46. The predicted octanol–water partition coefficient (Wildman–Crippen LogP) is 15.2. The van der Waals surface area contributed by atoms with Gasteiger partial charge in [-0.15, -0.1) is 0 Å². The van der Waals surface area contributed by atoms with Crippen LogP contribution in [0.2, 0.25) is 0 Å². The summed E-state index contributed by atoms with van der Waals surface area (Å²) in [5.74, 6) is -0.643. The second kappa shape index (κ2) is 48.1. The smallest absolute Gasteiger partial charge is 0.306 e. The first-order valence-electron chi connectivity index (χ1n) is 25.4. The third-order valence-electron chi connectivity index (χ3n) is 11.1. The molecule has 0 aromatic heterocycles. The zero-order chi connectivity index (χ0) is 44.5. The van der Waals surface area contributed by atoms with Gasteiger partial charge in [-0.05, 0) is 44.9 Å². The average Bonchev–Trinajstić information content (AvgIpc) is 3.25. The van der Waals surface area contributed by atoms with Crippen molar-refractivity contribution in [2.75, 3.05) is 6.61 Å². The van der Waals surface area contributed by atoms with Gasteiger partial charge in [0.2, 0.25) is 5.91 Å². The van der Waals surface area contributed by atoms with Gasteiger partial charge in [-0.25, -0.2) is 0 Å². The Morgan fingerprint density at radius 2 is 0.918 bits per heavy atom. The van der Waals surface area contributed by atoms with E-state index in [-0.39, 0.29) is 24.9 Å². The molecule has 350 valence electrons. The topological polar surface area (TPSA) is 95.9 Å². The summed E-state index contributed by atoms with van der Waals surface area (Å²) < 4.78 is 5.82. The van der Waals surface area contributed by atoms with Crippen LogP contribution in [0.5, 0.6) is 0 Å². The summed E-state index contributed by atoms with van der Waals surface area (Å²) in [6, 6.07) is -0.748. The summed E-state index contributed by atoms with van der Waals surface area (Å²) >= 11 is 0. The highest BCUT2D eigenvalue weighted by molar-refractivity contribution is 5.77. The van der Waals surface area contributed by atoms with Gasteiger partial charge in [0.1, 0.15) is 6.10 Å². The summed E-state index contributed by atoms with van der Waals surface area (Å²) in [5.41, 5.74) is 0. The maximum atomic E-state index is 13.1. The van der Waals surface area contributed by atoms with Crippen LogP contribution in [0.3, 0.4) is 0 Å². The monoisotopic (exact) mass is 850 g/mol. The van der Waals surface area contributed by atoms with Crippen molar-refractivity contribution in [2.24, 2.45) is 0 Å².